The minimum atomic E-state index is 0.0969. The first-order valence-corrected chi connectivity index (χ1v) is 9.51. The average Bonchev–Trinajstić information content (AvgIpc) is 3.00. The maximum atomic E-state index is 11.8. The maximum absolute atomic E-state index is 11.8. The van der Waals surface area contributed by atoms with Crippen molar-refractivity contribution in [1.82, 2.24) is 10.3 Å². The Morgan fingerprint density at radius 1 is 1.32 bits per heavy atom. The molecule has 0 spiro atoms. The van der Waals surface area contributed by atoms with Crippen molar-refractivity contribution < 1.29 is 4.79 Å². The molecule has 2 rings (SSSR count). The second-order valence-corrected chi connectivity index (χ2v) is 7.39. The number of benzene rings is 1. The van der Waals surface area contributed by atoms with Crippen LogP contribution in [0.25, 0.3) is 0 Å². The van der Waals surface area contributed by atoms with E-state index in [0.29, 0.717) is 18.9 Å². The number of amides is 1. The van der Waals surface area contributed by atoms with Gasteiger partial charge in [-0.05, 0) is 5.56 Å². The van der Waals surface area contributed by atoms with E-state index in [9.17, 15) is 4.79 Å². The number of carbonyl (C=O) groups excluding carboxylic acids is 1. The van der Waals surface area contributed by atoms with Crippen LogP contribution in [0.4, 0.5) is 0 Å². The number of rotatable bonds is 8. The van der Waals surface area contributed by atoms with E-state index in [4.69, 9.17) is 0 Å². The van der Waals surface area contributed by atoms with Crippen molar-refractivity contribution >= 4 is 29.0 Å². The Hall–Kier alpha value is -1.33. The fourth-order valence-electron chi connectivity index (χ4n) is 1.88. The largest absolute Gasteiger partial charge is 0.350 e. The standard InChI is InChI=1S/C17H22N2OS2/c1-13(2)17-19-15(12-22-17)10-18-16(20)8-9-21-11-14-6-4-3-5-7-14/h3-7,12-13H,8-11H2,1-2H3,(H,18,20). The fraction of sp³-hybridized carbons (Fsp3) is 0.412. The number of nitrogens with zero attached hydrogens (tertiary/aromatic N) is 1. The lowest BCUT2D eigenvalue weighted by Gasteiger charge is -2.04. The molecule has 3 nitrogen and oxygen atoms in total. The monoisotopic (exact) mass is 334 g/mol. The van der Waals surface area contributed by atoms with Crippen molar-refractivity contribution in [3.63, 3.8) is 0 Å². The minimum absolute atomic E-state index is 0.0969. The highest BCUT2D eigenvalue weighted by atomic mass is 32.2. The molecule has 0 aliphatic heterocycles. The molecule has 0 fully saturated rings. The van der Waals surface area contributed by atoms with Crippen molar-refractivity contribution in [2.24, 2.45) is 0 Å². The Bertz CT molecular complexity index is 581. The molecule has 0 atom stereocenters. The SMILES string of the molecule is CC(C)c1nc(CNC(=O)CCSCc2ccccc2)cs1. The molecular formula is C17H22N2OS2. The van der Waals surface area contributed by atoms with E-state index in [-0.39, 0.29) is 5.91 Å². The number of hydrogen-bond donors (Lipinski definition) is 1. The van der Waals surface area contributed by atoms with Crippen LogP contribution >= 0.6 is 23.1 Å². The summed E-state index contributed by atoms with van der Waals surface area (Å²) in [5.74, 6) is 2.34. The summed E-state index contributed by atoms with van der Waals surface area (Å²) in [6.07, 6.45) is 0.554. The van der Waals surface area contributed by atoms with Gasteiger partial charge in [-0.2, -0.15) is 11.8 Å². The molecule has 1 N–H and O–H groups in total. The third-order valence-electron chi connectivity index (χ3n) is 3.12. The van der Waals surface area contributed by atoms with Crippen LogP contribution in [0.2, 0.25) is 0 Å². The molecule has 0 aliphatic rings. The number of aromatic nitrogens is 1. The highest BCUT2D eigenvalue weighted by Gasteiger charge is 2.07. The molecule has 2 aromatic rings. The quantitative estimate of drug-likeness (QED) is 0.736. The van der Waals surface area contributed by atoms with Crippen molar-refractivity contribution in [3.8, 4) is 0 Å². The Morgan fingerprint density at radius 3 is 2.77 bits per heavy atom. The third-order valence-corrected chi connectivity index (χ3v) is 5.34. The first-order chi connectivity index (χ1) is 10.6. The zero-order valence-corrected chi connectivity index (χ0v) is 14.7. The van der Waals surface area contributed by atoms with E-state index in [1.165, 1.54) is 5.56 Å². The molecule has 0 unspecified atom stereocenters. The van der Waals surface area contributed by atoms with E-state index in [2.05, 4.69) is 36.3 Å². The summed E-state index contributed by atoms with van der Waals surface area (Å²) in [6, 6.07) is 10.3. The third kappa shape index (κ3) is 5.81. The van der Waals surface area contributed by atoms with Gasteiger partial charge in [-0.1, -0.05) is 44.2 Å². The maximum Gasteiger partial charge on any atom is 0.221 e. The first-order valence-electron chi connectivity index (χ1n) is 7.48. The molecule has 0 aliphatic carbocycles. The molecule has 22 heavy (non-hydrogen) atoms. The van der Waals surface area contributed by atoms with Crippen LogP contribution in [-0.2, 0) is 17.1 Å². The molecule has 118 valence electrons. The first kappa shape index (κ1) is 17.0. The predicted molar refractivity (Wildman–Crippen MR) is 95.3 cm³/mol. The number of hydrogen-bond acceptors (Lipinski definition) is 4. The summed E-state index contributed by atoms with van der Waals surface area (Å²) in [5.41, 5.74) is 2.26. The van der Waals surface area contributed by atoms with Gasteiger partial charge in [0.2, 0.25) is 5.91 Å². The Morgan fingerprint density at radius 2 is 2.09 bits per heavy atom. The van der Waals surface area contributed by atoms with Gasteiger partial charge in [0.1, 0.15) is 0 Å². The van der Waals surface area contributed by atoms with Crippen molar-refractivity contribution in [1.29, 1.82) is 0 Å². The molecule has 1 amide bonds. The fourth-order valence-corrected chi connectivity index (χ4v) is 3.61. The van der Waals surface area contributed by atoms with Crippen molar-refractivity contribution in [2.75, 3.05) is 5.75 Å². The second kappa shape index (κ2) is 8.96. The van der Waals surface area contributed by atoms with Crippen molar-refractivity contribution in [2.45, 2.75) is 38.5 Å². The zero-order valence-electron chi connectivity index (χ0n) is 13.0. The summed E-state index contributed by atoms with van der Waals surface area (Å²) in [5, 5.41) is 6.10. The van der Waals surface area contributed by atoms with E-state index in [0.717, 1.165) is 22.2 Å². The average molecular weight is 335 g/mol. The summed E-state index contributed by atoms with van der Waals surface area (Å²) < 4.78 is 0. The van der Waals surface area contributed by atoms with Crippen LogP contribution in [0.15, 0.2) is 35.7 Å². The Balaban J connectivity index is 1.61. The van der Waals surface area contributed by atoms with E-state index >= 15 is 0 Å². The molecular weight excluding hydrogens is 312 g/mol. The van der Waals surface area contributed by atoms with Crippen LogP contribution in [0.3, 0.4) is 0 Å². The number of carbonyl (C=O) groups is 1. The smallest absolute Gasteiger partial charge is 0.221 e. The molecule has 1 aromatic carbocycles. The predicted octanol–water partition coefficient (Wildman–Crippen LogP) is 4.21. The molecule has 1 aromatic heterocycles. The zero-order chi connectivity index (χ0) is 15.8. The summed E-state index contributed by atoms with van der Waals surface area (Å²) in [4.78, 5) is 16.3. The van der Waals surface area contributed by atoms with Gasteiger partial charge in [-0.25, -0.2) is 4.98 Å². The Kier molecular flexibility index (Phi) is 6.93. The van der Waals surface area contributed by atoms with Gasteiger partial charge in [0, 0.05) is 29.2 Å². The molecule has 0 bridgehead atoms. The summed E-state index contributed by atoms with van der Waals surface area (Å²) in [7, 11) is 0. The van der Waals surface area contributed by atoms with Crippen LogP contribution in [0.5, 0.6) is 0 Å². The van der Waals surface area contributed by atoms with Gasteiger partial charge in [0.05, 0.1) is 17.2 Å². The lowest BCUT2D eigenvalue weighted by Crippen LogP contribution is -2.23. The number of thiazole rings is 1. The highest BCUT2D eigenvalue weighted by molar-refractivity contribution is 7.98. The normalized spacial score (nSPS) is 10.9. The van der Waals surface area contributed by atoms with Gasteiger partial charge in [0.25, 0.3) is 0 Å². The van der Waals surface area contributed by atoms with Crippen LogP contribution in [0.1, 0.15) is 42.5 Å². The van der Waals surface area contributed by atoms with E-state index in [1.54, 1.807) is 23.1 Å². The van der Waals surface area contributed by atoms with Gasteiger partial charge in [-0.3, -0.25) is 4.79 Å². The second-order valence-electron chi connectivity index (χ2n) is 5.40. The van der Waals surface area contributed by atoms with E-state index < -0.39 is 0 Å². The summed E-state index contributed by atoms with van der Waals surface area (Å²) in [6.45, 7) is 4.79. The van der Waals surface area contributed by atoms with Crippen molar-refractivity contribution in [3.05, 3.63) is 52.0 Å². The number of nitrogens with one attached hydrogen (secondary N) is 1. The lowest BCUT2D eigenvalue weighted by atomic mass is 10.2. The molecule has 1 heterocycles. The summed E-state index contributed by atoms with van der Waals surface area (Å²) >= 11 is 3.45. The van der Waals surface area contributed by atoms with Gasteiger partial charge in [-0.15, -0.1) is 11.3 Å². The van der Waals surface area contributed by atoms with Crippen LogP contribution < -0.4 is 5.32 Å². The van der Waals surface area contributed by atoms with Crippen LogP contribution in [0, 0.1) is 0 Å². The Labute approximate surface area is 140 Å². The molecule has 0 saturated carbocycles. The van der Waals surface area contributed by atoms with E-state index in [1.807, 2.05) is 23.6 Å². The van der Waals surface area contributed by atoms with Gasteiger partial charge in [0.15, 0.2) is 0 Å². The van der Waals surface area contributed by atoms with Gasteiger partial charge < -0.3 is 5.32 Å². The number of thioether (sulfide) groups is 1. The van der Waals surface area contributed by atoms with Gasteiger partial charge >= 0.3 is 0 Å². The minimum Gasteiger partial charge on any atom is -0.350 e. The topological polar surface area (TPSA) is 42.0 Å². The molecule has 5 heteroatoms. The highest BCUT2D eigenvalue weighted by Crippen LogP contribution is 2.19. The molecule has 0 saturated heterocycles. The molecule has 0 radical (unpaired) electrons. The van der Waals surface area contributed by atoms with Crippen LogP contribution in [-0.4, -0.2) is 16.6 Å². The lowest BCUT2D eigenvalue weighted by molar-refractivity contribution is -0.120.